The number of benzene rings is 1. The molecule has 0 radical (unpaired) electrons. The van der Waals surface area contributed by atoms with Gasteiger partial charge in [0.05, 0.1) is 11.9 Å². The van der Waals surface area contributed by atoms with Crippen molar-refractivity contribution in [3.63, 3.8) is 0 Å². The Hall–Kier alpha value is -1.76. The van der Waals surface area contributed by atoms with E-state index in [1.807, 2.05) is 0 Å². The summed E-state index contributed by atoms with van der Waals surface area (Å²) in [6.45, 7) is 0. The number of halogens is 4. The van der Waals surface area contributed by atoms with Crippen LogP contribution >= 0.6 is 12.2 Å². The molecule has 0 spiro atoms. The zero-order chi connectivity index (χ0) is 12.6. The average Bonchev–Trinajstić information content (AvgIpc) is 2.27. The number of H-pyrrole nitrogens is 1. The van der Waals surface area contributed by atoms with Gasteiger partial charge in [0, 0.05) is 11.6 Å². The maximum atomic E-state index is 13.4. The topological polar surface area (TPSA) is 28.7 Å². The fraction of sp³-hybridized carbons (Fsp3) is 0. The van der Waals surface area contributed by atoms with E-state index < -0.39 is 28.8 Å². The van der Waals surface area contributed by atoms with Crippen LogP contribution in [0.1, 0.15) is 0 Å². The number of nitrogens with zero attached hydrogens (tertiary/aromatic N) is 1. The van der Waals surface area contributed by atoms with Crippen LogP contribution < -0.4 is 0 Å². The van der Waals surface area contributed by atoms with E-state index in [1.165, 1.54) is 0 Å². The third-order valence-electron chi connectivity index (χ3n) is 2.05. The summed E-state index contributed by atoms with van der Waals surface area (Å²) in [7, 11) is 0. The molecule has 2 aromatic rings. The zero-order valence-electron chi connectivity index (χ0n) is 8.10. The molecule has 1 aromatic heterocycles. The van der Waals surface area contributed by atoms with Crippen molar-refractivity contribution >= 4 is 12.2 Å². The first kappa shape index (κ1) is 11.7. The lowest BCUT2D eigenvalue weighted by atomic mass is 10.1. The molecular weight excluding hydrogens is 256 g/mol. The first-order valence-corrected chi connectivity index (χ1v) is 4.79. The molecule has 2 nitrogen and oxygen atoms in total. The van der Waals surface area contributed by atoms with Gasteiger partial charge in [-0.15, -0.1) is 0 Å². The number of hydrogen-bond acceptors (Lipinski definition) is 2. The van der Waals surface area contributed by atoms with Gasteiger partial charge in [-0.1, -0.05) is 0 Å². The van der Waals surface area contributed by atoms with Gasteiger partial charge in [-0.25, -0.2) is 22.5 Å². The quantitative estimate of drug-likeness (QED) is 0.484. The molecule has 0 unspecified atom stereocenters. The number of rotatable bonds is 1. The number of aromatic amines is 1. The predicted octanol–water partition coefficient (Wildman–Crippen LogP) is 3.36. The van der Waals surface area contributed by atoms with E-state index in [-0.39, 0.29) is 10.5 Å². The van der Waals surface area contributed by atoms with Crippen LogP contribution in [0.2, 0.25) is 0 Å². The lowest BCUT2D eigenvalue weighted by Gasteiger charge is -2.05. The maximum absolute atomic E-state index is 13.4. The van der Waals surface area contributed by atoms with E-state index in [1.54, 1.807) is 0 Å². The number of hydrogen-bond donors (Lipinski definition) is 1. The molecule has 2 rings (SSSR count). The van der Waals surface area contributed by atoms with Crippen LogP contribution in [0.5, 0.6) is 0 Å². The molecule has 0 saturated carbocycles. The van der Waals surface area contributed by atoms with Crippen molar-refractivity contribution in [2.24, 2.45) is 0 Å². The van der Waals surface area contributed by atoms with E-state index in [4.69, 9.17) is 0 Å². The summed E-state index contributed by atoms with van der Waals surface area (Å²) in [6.07, 6.45) is 0.773. The Labute approximate surface area is 97.9 Å². The standard InChI is InChI=1S/C10H4F4N2S/c11-5-2-7(13)6(12)1-4(5)9-8(14)3-15-10(17)16-9/h1-3H,(H,15,16,17). The second-order valence-corrected chi connectivity index (χ2v) is 3.54. The van der Waals surface area contributed by atoms with Gasteiger partial charge in [0.15, 0.2) is 22.2 Å². The summed E-state index contributed by atoms with van der Waals surface area (Å²) in [5.74, 6) is -4.64. The molecule has 0 saturated heterocycles. The van der Waals surface area contributed by atoms with Gasteiger partial charge in [0.1, 0.15) is 5.82 Å². The molecule has 0 fully saturated rings. The fourth-order valence-corrected chi connectivity index (χ4v) is 1.44. The van der Waals surface area contributed by atoms with Crippen molar-refractivity contribution in [3.8, 4) is 11.3 Å². The average molecular weight is 260 g/mol. The van der Waals surface area contributed by atoms with Crippen molar-refractivity contribution in [3.05, 3.63) is 46.4 Å². The van der Waals surface area contributed by atoms with Crippen molar-refractivity contribution in [1.29, 1.82) is 0 Å². The molecule has 0 aliphatic heterocycles. The Bertz CT molecular complexity index is 639. The van der Waals surface area contributed by atoms with Gasteiger partial charge in [-0.3, -0.25) is 0 Å². The zero-order valence-corrected chi connectivity index (χ0v) is 8.92. The minimum atomic E-state index is -1.35. The van der Waals surface area contributed by atoms with Crippen molar-refractivity contribution in [2.45, 2.75) is 0 Å². The Morgan fingerprint density at radius 1 is 0.941 bits per heavy atom. The number of nitrogens with one attached hydrogen (secondary N) is 1. The predicted molar refractivity (Wildman–Crippen MR) is 54.7 cm³/mol. The van der Waals surface area contributed by atoms with E-state index in [2.05, 4.69) is 22.2 Å². The Morgan fingerprint density at radius 2 is 1.59 bits per heavy atom. The highest BCUT2D eigenvalue weighted by Gasteiger charge is 2.15. The van der Waals surface area contributed by atoms with Gasteiger partial charge in [-0.2, -0.15) is 0 Å². The first-order valence-electron chi connectivity index (χ1n) is 4.39. The van der Waals surface area contributed by atoms with E-state index in [9.17, 15) is 17.6 Å². The van der Waals surface area contributed by atoms with Crippen LogP contribution in [0, 0.1) is 28.0 Å². The highest BCUT2D eigenvalue weighted by atomic mass is 32.1. The molecule has 17 heavy (non-hydrogen) atoms. The summed E-state index contributed by atoms with van der Waals surface area (Å²) in [5.41, 5.74) is -0.823. The monoisotopic (exact) mass is 260 g/mol. The third kappa shape index (κ3) is 2.19. The summed E-state index contributed by atoms with van der Waals surface area (Å²) < 4.78 is 52.3. The molecule has 1 heterocycles. The third-order valence-corrected chi connectivity index (χ3v) is 2.25. The lowest BCUT2D eigenvalue weighted by molar-refractivity contribution is 0.495. The van der Waals surface area contributed by atoms with Gasteiger partial charge in [0.25, 0.3) is 0 Å². The lowest BCUT2D eigenvalue weighted by Crippen LogP contribution is -1.97. The fourth-order valence-electron chi connectivity index (χ4n) is 1.29. The van der Waals surface area contributed by atoms with E-state index in [0.29, 0.717) is 12.1 Å². The minimum Gasteiger partial charge on any atom is -0.328 e. The molecule has 0 bridgehead atoms. The highest BCUT2D eigenvalue weighted by molar-refractivity contribution is 7.71. The van der Waals surface area contributed by atoms with Gasteiger partial charge in [-0.05, 0) is 18.3 Å². The molecular formula is C10H4F4N2S. The maximum Gasteiger partial charge on any atom is 0.197 e. The smallest absolute Gasteiger partial charge is 0.197 e. The van der Waals surface area contributed by atoms with Gasteiger partial charge in [0.2, 0.25) is 0 Å². The summed E-state index contributed by atoms with van der Waals surface area (Å²) in [5, 5.41) is 0. The van der Waals surface area contributed by atoms with Crippen LogP contribution in [0.25, 0.3) is 11.3 Å². The Balaban J connectivity index is 2.72. The Morgan fingerprint density at radius 3 is 2.29 bits per heavy atom. The van der Waals surface area contributed by atoms with Crippen molar-refractivity contribution in [1.82, 2.24) is 9.97 Å². The Kier molecular flexibility index (Phi) is 2.93. The highest BCUT2D eigenvalue weighted by Crippen LogP contribution is 2.25. The normalized spacial score (nSPS) is 10.6. The van der Waals surface area contributed by atoms with Crippen LogP contribution in [-0.4, -0.2) is 9.97 Å². The van der Waals surface area contributed by atoms with Crippen LogP contribution in [0.4, 0.5) is 17.6 Å². The SMILES string of the molecule is Fc1cc(F)c(-c2[nH]c(=S)ncc2F)cc1F. The van der Waals surface area contributed by atoms with Crippen molar-refractivity contribution in [2.75, 3.05) is 0 Å². The van der Waals surface area contributed by atoms with Crippen molar-refractivity contribution < 1.29 is 17.6 Å². The van der Waals surface area contributed by atoms with Gasteiger partial charge < -0.3 is 4.98 Å². The summed E-state index contributed by atoms with van der Waals surface area (Å²) in [6, 6.07) is 0.885. The molecule has 0 atom stereocenters. The summed E-state index contributed by atoms with van der Waals surface area (Å²) >= 11 is 4.64. The summed E-state index contributed by atoms with van der Waals surface area (Å²) in [4.78, 5) is 5.71. The minimum absolute atomic E-state index is 0.0921. The number of aromatic nitrogens is 2. The first-order chi connectivity index (χ1) is 7.99. The van der Waals surface area contributed by atoms with Crippen LogP contribution in [0.15, 0.2) is 18.3 Å². The van der Waals surface area contributed by atoms with Crippen LogP contribution in [-0.2, 0) is 0 Å². The van der Waals surface area contributed by atoms with E-state index >= 15 is 0 Å². The van der Waals surface area contributed by atoms with Gasteiger partial charge >= 0.3 is 0 Å². The van der Waals surface area contributed by atoms with Crippen LogP contribution in [0.3, 0.4) is 0 Å². The molecule has 0 aliphatic carbocycles. The largest absolute Gasteiger partial charge is 0.328 e. The molecule has 1 aromatic carbocycles. The molecule has 0 amide bonds. The van der Waals surface area contributed by atoms with E-state index in [0.717, 1.165) is 6.20 Å². The molecule has 1 N–H and O–H groups in total. The second kappa shape index (κ2) is 4.25. The molecule has 0 aliphatic rings. The second-order valence-electron chi connectivity index (χ2n) is 3.16. The molecule has 7 heteroatoms. The molecule has 88 valence electrons.